The van der Waals surface area contributed by atoms with Crippen molar-refractivity contribution in [3.63, 3.8) is 0 Å². The number of hydrogen-bond donors (Lipinski definition) is 1. The van der Waals surface area contributed by atoms with Crippen LogP contribution in [-0.4, -0.2) is 30.8 Å². The Bertz CT molecular complexity index is 926. The molecule has 3 nitrogen and oxygen atoms in total. The Morgan fingerprint density at radius 3 is 2.42 bits per heavy atom. The number of Topliss-reactive ketones (excluding diaryl/α,β-unsaturated/α-hetero) is 1. The smallest absolute Gasteiger partial charge is 0.166 e. The minimum atomic E-state index is 0.155. The molecule has 1 saturated heterocycles. The number of rotatable bonds is 4. The van der Waals surface area contributed by atoms with Crippen molar-refractivity contribution in [3.8, 4) is 0 Å². The molecular formula is C23H24N2O. The van der Waals surface area contributed by atoms with Gasteiger partial charge in [-0.1, -0.05) is 42.5 Å². The van der Waals surface area contributed by atoms with Gasteiger partial charge in [0.25, 0.3) is 0 Å². The van der Waals surface area contributed by atoms with Crippen molar-refractivity contribution < 1.29 is 4.79 Å². The van der Waals surface area contributed by atoms with Gasteiger partial charge in [-0.05, 0) is 68.0 Å². The Morgan fingerprint density at radius 1 is 0.885 bits per heavy atom. The zero-order valence-electron chi connectivity index (χ0n) is 15.1. The Hall–Kier alpha value is -2.65. The average molecular weight is 344 g/mol. The molecule has 0 amide bonds. The Balaban J connectivity index is 1.52. The standard InChI is InChI=1S/C23H24N2O/c1-25-13-11-18(12-14-25)23(26)20-7-4-8-21(16-20)24-22-10-9-17-5-2-3-6-19(17)15-22/h2-10,15-16,18,24H,11-14H2,1H3. The largest absolute Gasteiger partial charge is 0.355 e. The van der Waals surface area contributed by atoms with Crippen LogP contribution < -0.4 is 5.32 Å². The van der Waals surface area contributed by atoms with E-state index in [0.29, 0.717) is 0 Å². The highest BCUT2D eigenvalue weighted by Gasteiger charge is 2.24. The molecule has 0 aliphatic carbocycles. The first-order chi connectivity index (χ1) is 12.7. The number of nitrogens with zero attached hydrogens (tertiary/aromatic N) is 1. The van der Waals surface area contributed by atoms with Crippen LogP contribution in [0, 0.1) is 5.92 Å². The lowest BCUT2D eigenvalue weighted by atomic mass is 9.89. The van der Waals surface area contributed by atoms with Gasteiger partial charge in [0.15, 0.2) is 5.78 Å². The number of nitrogens with one attached hydrogen (secondary N) is 1. The molecule has 0 saturated carbocycles. The fraction of sp³-hybridized carbons (Fsp3) is 0.261. The first-order valence-corrected chi connectivity index (χ1v) is 9.28. The summed E-state index contributed by atoms with van der Waals surface area (Å²) in [5, 5.41) is 5.87. The summed E-state index contributed by atoms with van der Waals surface area (Å²) in [6, 6.07) is 22.6. The minimum absolute atomic E-state index is 0.155. The molecule has 132 valence electrons. The summed E-state index contributed by atoms with van der Waals surface area (Å²) < 4.78 is 0. The van der Waals surface area contributed by atoms with Crippen LogP contribution >= 0.6 is 0 Å². The van der Waals surface area contributed by atoms with Crippen molar-refractivity contribution in [2.45, 2.75) is 12.8 Å². The summed E-state index contributed by atoms with van der Waals surface area (Å²) in [7, 11) is 2.12. The van der Waals surface area contributed by atoms with E-state index in [1.54, 1.807) is 0 Å². The second-order valence-corrected chi connectivity index (χ2v) is 7.21. The Morgan fingerprint density at radius 2 is 1.62 bits per heavy atom. The van der Waals surface area contributed by atoms with E-state index in [1.807, 2.05) is 36.4 Å². The number of likely N-dealkylation sites (tertiary alicyclic amines) is 1. The minimum Gasteiger partial charge on any atom is -0.355 e. The van der Waals surface area contributed by atoms with E-state index in [-0.39, 0.29) is 11.7 Å². The van der Waals surface area contributed by atoms with Crippen LogP contribution in [0.25, 0.3) is 10.8 Å². The molecule has 4 rings (SSSR count). The average Bonchev–Trinajstić information content (AvgIpc) is 2.68. The maximum absolute atomic E-state index is 12.8. The van der Waals surface area contributed by atoms with E-state index in [1.165, 1.54) is 10.8 Å². The molecule has 1 aliphatic heterocycles. The lowest BCUT2D eigenvalue weighted by Crippen LogP contribution is -2.33. The zero-order valence-corrected chi connectivity index (χ0v) is 15.1. The summed E-state index contributed by atoms with van der Waals surface area (Å²) in [6.07, 6.45) is 1.91. The maximum Gasteiger partial charge on any atom is 0.166 e. The van der Waals surface area contributed by atoms with Gasteiger partial charge in [-0.15, -0.1) is 0 Å². The maximum atomic E-state index is 12.8. The monoisotopic (exact) mass is 344 g/mol. The number of ketones is 1. The summed E-state index contributed by atoms with van der Waals surface area (Å²) in [5.74, 6) is 0.433. The quantitative estimate of drug-likeness (QED) is 0.668. The third-order valence-electron chi connectivity index (χ3n) is 5.27. The lowest BCUT2D eigenvalue weighted by Gasteiger charge is -2.28. The van der Waals surface area contributed by atoms with Gasteiger partial charge in [0.1, 0.15) is 0 Å². The molecule has 1 heterocycles. The first-order valence-electron chi connectivity index (χ1n) is 9.28. The molecule has 0 atom stereocenters. The number of anilines is 2. The number of carbonyl (C=O) groups is 1. The summed E-state index contributed by atoms with van der Waals surface area (Å²) in [6.45, 7) is 2.01. The molecule has 0 aromatic heterocycles. The van der Waals surface area contributed by atoms with E-state index in [2.05, 4.69) is 47.6 Å². The van der Waals surface area contributed by atoms with Gasteiger partial charge < -0.3 is 10.2 Å². The third kappa shape index (κ3) is 3.63. The Labute approximate surface area is 154 Å². The highest BCUT2D eigenvalue weighted by Crippen LogP contribution is 2.25. The molecular weight excluding hydrogens is 320 g/mol. The summed E-state index contributed by atoms with van der Waals surface area (Å²) in [4.78, 5) is 15.1. The highest BCUT2D eigenvalue weighted by molar-refractivity contribution is 5.99. The van der Waals surface area contributed by atoms with Crippen LogP contribution in [0.3, 0.4) is 0 Å². The van der Waals surface area contributed by atoms with E-state index >= 15 is 0 Å². The first kappa shape index (κ1) is 16.8. The fourth-order valence-corrected chi connectivity index (χ4v) is 3.69. The molecule has 0 bridgehead atoms. The van der Waals surface area contributed by atoms with Crippen molar-refractivity contribution in [1.82, 2.24) is 4.90 Å². The Kier molecular flexibility index (Phi) is 4.72. The number of benzene rings is 3. The normalized spacial score (nSPS) is 15.9. The van der Waals surface area contributed by atoms with Crippen molar-refractivity contribution >= 4 is 27.9 Å². The second kappa shape index (κ2) is 7.30. The topological polar surface area (TPSA) is 32.3 Å². The van der Waals surface area contributed by atoms with E-state index < -0.39 is 0 Å². The summed E-state index contributed by atoms with van der Waals surface area (Å²) in [5.41, 5.74) is 2.80. The molecule has 0 radical (unpaired) electrons. The SMILES string of the molecule is CN1CCC(C(=O)c2cccc(Nc3ccc4ccccc4c3)c2)CC1. The number of carbonyl (C=O) groups excluding carboxylic acids is 1. The van der Waals surface area contributed by atoms with Gasteiger partial charge in [-0.2, -0.15) is 0 Å². The molecule has 3 aromatic rings. The van der Waals surface area contributed by atoms with Crippen molar-refractivity contribution in [3.05, 3.63) is 72.3 Å². The molecule has 0 spiro atoms. The lowest BCUT2D eigenvalue weighted by molar-refractivity contribution is 0.0857. The molecule has 1 fully saturated rings. The van der Waals surface area contributed by atoms with Crippen LogP contribution in [-0.2, 0) is 0 Å². The van der Waals surface area contributed by atoms with Crippen LogP contribution in [0.5, 0.6) is 0 Å². The van der Waals surface area contributed by atoms with Gasteiger partial charge in [-0.25, -0.2) is 0 Å². The van der Waals surface area contributed by atoms with Crippen LogP contribution in [0.4, 0.5) is 11.4 Å². The van der Waals surface area contributed by atoms with E-state index in [9.17, 15) is 4.79 Å². The van der Waals surface area contributed by atoms with Crippen molar-refractivity contribution in [2.75, 3.05) is 25.5 Å². The second-order valence-electron chi connectivity index (χ2n) is 7.21. The van der Waals surface area contributed by atoms with Crippen LogP contribution in [0.1, 0.15) is 23.2 Å². The molecule has 3 aromatic carbocycles. The summed E-state index contributed by atoms with van der Waals surface area (Å²) >= 11 is 0. The van der Waals surface area contributed by atoms with Gasteiger partial charge in [0.05, 0.1) is 0 Å². The van der Waals surface area contributed by atoms with Crippen molar-refractivity contribution in [2.24, 2.45) is 5.92 Å². The predicted molar refractivity (Wildman–Crippen MR) is 108 cm³/mol. The van der Waals surface area contributed by atoms with Gasteiger partial charge in [0, 0.05) is 22.9 Å². The molecule has 3 heteroatoms. The molecule has 26 heavy (non-hydrogen) atoms. The molecule has 1 N–H and O–H groups in total. The van der Waals surface area contributed by atoms with Crippen molar-refractivity contribution in [1.29, 1.82) is 0 Å². The predicted octanol–water partition coefficient (Wildman–Crippen LogP) is 5.11. The van der Waals surface area contributed by atoms with E-state index in [4.69, 9.17) is 0 Å². The van der Waals surface area contributed by atoms with Crippen LogP contribution in [0.2, 0.25) is 0 Å². The zero-order chi connectivity index (χ0) is 17.9. The van der Waals surface area contributed by atoms with E-state index in [0.717, 1.165) is 42.9 Å². The fourth-order valence-electron chi connectivity index (χ4n) is 3.69. The molecule has 1 aliphatic rings. The third-order valence-corrected chi connectivity index (χ3v) is 5.27. The van der Waals surface area contributed by atoms with Gasteiger partial charge >= 0.3 is 0 Å². The van der Waals surface area contributed by atoms with Gasteiger partial charge in [-0.3, -0.25) is 4.79 Å². The number of fused-ring (bicyclic) bond motifs is 1. The number of hydrogen-bond acceptors (Lipinski definition) is 3. The van der Waals surface area contributed by atoms with Gasteiger partial charge in [0.2, 0.25) is 0 Å². The van der Waals surface area contributed by atoms with Crippen LogP contribution in [0.15, 0.2) is 66.7 Å². The number of piperidine rings is 1. The highest BCUT2D eigenvalue weighted by atomic mass is 16.1. The molecule has 0 unspecified atom stereocenters.